The van der Waals surface area contributed by atoms with E-state index in [9.17, 15) is 4.79 Å². The zero-order valence-corrected chi connectivity index (χ0v) is 20.5. The molecule has 4 rings (SSSR count). The van der Waals surface area contributed by atoms with E-state index in [1.54, 1.807) is 36.8 Å². The number of aromatic nitrogens is 4. The van der Waals surface area contributed by atoms with Gasteiger partial charge in [-0.1, -0.05) is 17.7 Å². The zero-order valence-electron chi connectivity index (χ0n) is 19.8. The molecule has 1 amide bonds. The van der Waals surface area contributed by atoms with E-state index in [4.69, 9.17) is 17.0 Å². The third kappa shape index (κ3) is 5.64. The number of amides is 1. The summed E-state index contributed by atoms with van der Waals surface area (Å²) in [6.45, 7) is 3.40. The van der Waals surface area contributed by atoms with Crippen LogP contribution in [-0.4, -0.2) is 63.6 Å². The summed E-state index contributed by atoms with van der Waals surface area (Å²) in [6.07, 6.45) is 6.52. The Balaban J connectivity index is 1.60. The van der Waals surface area contributed by atoms with E-state index in [1.807, 2.05) is 33.2 Å². The molecule has 0 bridgehead atoms. The van der Waals surface area contributed by atoms with Crippen LogP contribution < -0.4 is 10.6 Å². The van der Waals surface area contributed by atoms with Gasteiger partial charge in [0.15, 0.2) is 5.65 Å². The summed E-state index contributed by atoms with van der Waals surface area (Å²) < 4.78 is 0. The summed E-state index contributed by atoms with van der Waals surface area (Å²) in [7, 11) is 3.99. The maximum absolute atomic E-state index is 13.0. The van der Waals surface area contributed by atoms with Gasteiger partial charge in [0.2, 0.25) is 0 Å². The van der Waals surface area contributed by atoms with Crippen molar-refractivity contribution in [3.63, 3.8) is 0 Å². The first-order chi connectivity index (χ1) is 16.8. The van der Waals surface area contributed by atoms with Crippen LogP contribution >= 0.6 is 11.6 Å². The molecule has 9 nitrogen and oxygen atoms in total. The Bertz CT molecular complexity index is 1350. The minimum absolute atomic E-state index is 0.180. The van der Waals surface area contributed by atoms with Gasteiger partial charge in [0.05, 0.1) is 23.5 Å². The summed E-state index contributed by atoms with van der Waals surface area (Å²) in [6, 6.07) is 8.82. The zero-order chi connectivity index (χ0) is 24.9. The van der Waals surface area contributed by atoms with Crippen molar-refractivity contribution in [1.82, 2.24) is 30.2 Å². The van der Waals surface area contributed by atoms with E-state index in [0.29, 0.717) is 39.6 Å². The number of fused-ring (bicyclic) bond motifs is 1. The number of aromatic amines is 1. The second-order valence-electron chi connectivity index (χ2n) is 8.43. The fraction of sp³-hybridized carbons (Fsp3) is 0.240. The van der Waals surface area contributed by atoms with Crippen molar-refractivity contribution in [2.24, 2.45) is 0 Å². The Hall–Kier alpha value is -3.82. The van der Waals surface area contributed by atoms with Gasteiger partial charge in [-0.3, -0.25) is 15.2 Å². The highest BCUT2D eigenvalue weighted by molar-refractivity contribution is 6.31. The quantitative estimate of drug-likeness (QED) is 0.264. The second kappa shape index (κ2) is 10.6. The highest BCUT2D eigenvalue weighted by Gasteiger charge is 2.19. The number of hydrogen-bond acceptors (Lipinski definition) is 7. The lowest BCUT2D eigenvalue weighted by molar-refractivity contribution is 0.0941. The smallest absolute Gasteiger partial charge is 0.255 e. The Kier molecular flexibility index (Phi) is 7.38. The monoisotopic (exact) mass is 490 g/mol. The summed E-state index contributed by atoms with van der Waals surface area (Å²) in [4.78, 5) is 31.2. The highest BCUT2D eigenvalue weighted by Crippen LogP contribution is 2.24. The number of halogens is 1. The second-order valence-corrected chi connectivity index (χ2v) is 8.87. The van der Waals surface area contributed by atoms with Gasteiger partial charge < -0.3 is 20.5 Å². The van der Waals surface area contributed by atoms with Crippen molar-refractivity contribution in [3.8, 4) is 0 Å². The third-order valence-corrected chi connectivity index (χ3v) is 5.77. The fourth-order valence-electron chi connectivity index (χ4n) is 3.61. The molecule has 180 valence electrons. The number of carbonyl (C=O) groups excluding carboxylic acids is 1. The Morgan fingerprint density at radius 1 is 1.23 bits per heavy atom. The Morgan fingerprint density at radius 3 is 2.80 bits per heavy atom. The lowest BCUT2D eigenvalue weighted by atomic mass is 10.0. The number of rotatable bonds is 9. The summed E-state index contributed by atoms with van der Waals surface area (Å²) in [5.41, 5.74) is 4.05. The minimum atomic E-state index is -0.289. The number of hydrogen-bond donors (Lipinski definition) is 4. The molecule has 0 aliphatic carbocycles. The molecule has 3 heterocycles. The van der Waals surface area contributed by atoms with E-state index in [2.05, 4.69) is 35.5 Å². The van der Waals surface area contributed by atoms with Gasteiger partial charge in [0.1, 0.15) is 11.2 Å². The van der Waals surface area contributed by atoms with Crippen LogP contribution in [0.4, 0.5) is 5.69 Å². The Labute approximate surface area is 208 Å². The number of likely N-dealkylation sites (N-methyl/N-ethyl adjacent to an activating group) is 1. The predicted octanol–water partition coefficient (Wildman–Crippen LogP) is 3.89. The molecule has 1 aromatic carbocycles. The third-order valence-electron chi connectivity index (χ3n) is 5.54. The van der Waals surface area contributed by atoms with Crippen LogP contribution in [0.2, 0.25) is 5.02 Å². The molecule has 35 heavy (non-hydrogen) atoms. The standard InChI is InChI=1S/C25H27ClN8O/c1-15(16-5-4-8-28-12-16)32-25(35)19-13-30-24-23(19)33-21(14-31-24)22(27)18-7-6-17(26)11-20(18)29-9-10-34(2)3/h4-8,11-15,27,29H,9-10H2,1-3H3,(H,30,31)(H,32,35). The van der Waals surface area contributed by atoms with Crippen molar-refractivity contribution >= 4 is 40.1 Å². The summed E-state index contributed by atoms with van der Waals surface area (Å²) in [5.74, 6) is -0.289. The number of nitrogens with zero attached hydrogens (tertiary/aromatic N) is 4. The van der Waals surface area contributed by atoms with Gasteiger partial charge >= 0.3 is 0 Å². The highest BCUT2D eigenvalue weighted by atomic mass is 35.5. The number of anilines is 1. The normalized spacial score (nSPS) is 12.0. The summed E-state index contributed by atoms with van der Waals surface area (Å²) in [5, 5.41) is 15.7. The van der Waals surface area contributed by atoms with Crippen LogP contribution in [-0.2, 0) is 0 Å². The molecular weight excluding hydrogens is 464 g/mol. The first-order valence-corrected chi connectivity index (χ1v) is 11.5. The van der Waals surface area contributed by atoms with Crippen LogP contribution in [0, 0.1) is 5.41 Å². The fourth-order valence-corrected chi connectivity index (χ4v) is 3.78. The van der Waals surface area contributed by atoms with Crippen molar-refractivity contribution < 1.29 is 4.79 Å². The number of H-pyrrole nitrogens is 1. The Morgan fingerprint density at radius 2 is 2.06 bits per heavy atom. The van der Waals surface area contributed by atoms with Gasteiger partial charge in [-0.15, -0.1) is 0 Å². The molecule has 0 saturated heterocycles. The predicted molar refractivity (Wildman–Crippen MR) is 138 cm³/mol. The largest absolute Gasteiger partial charge is 0.383 e. The minimum Gasteiger partial charge on any atom is -0.383 e. The molecule has 10 heteroatoms. The van der Waals surface area contributed by atoms with E-state index >= 15 is 0 Å². The number of benzene rings is 1. The number of carbonyl (C=O) groups is 1. The lowest BCUT2D eigenvalue weighted by Gasteiger charge is -2.15. The molecule has 0 radical (unpaired) electrons. The van der Waals surface area contributed by atoms with E-state index in [0.717, 1.165) is 17.8 Å². The van der Waals surface area contributed by atoms with Crippen LogP contribution in [0.15, 0.2) is 55.1 Å². The molecule has 1 unspecified atom stereocenters. The van der Waals surface area contributed by atoms with Crippen LogP contribution in [0.25, 0.3) is 11.2 Å². The lowest BCUT2D eigenvalue weighted by Crippen LogP contribution is -2.26. The topological polar surface area (TPSA) is 123 Å². The van der Waals surface area contributed by atoms with Gasteiger partial charge in [-0.05, 0) is 50.8 Å². The molecule has 0 aliphatic heterocycles. The van der Waals surface area contributed by atoms with Crippen LogP contribution in [0.1, 0.15) is 40.1 Å². The molecule has 0 saturated carbocycles. The molecule has 0 aliphatic rings. The van der Waals surface area contributed by atoms with Gasteiger partial charge in [-0.25, -0.2) is 9.97 Å². The first kappa shape index (κ1) is 24.3. The molecule has 0 fully saturated rings. The maximum atomic E-state index is 13.0. The van der Waals surface area contributed by atoms with Gasteiger partial charge in [0.25, 0.3) is 5.91 Å². The van der Waals surface area contributed by atoms with Gasteiger partial charge in [0, 0.05) is 48.0 Å². The SMILES string of the molecule is CC(NC(=O)c1c[nH]c2ncc(C(=N)c3ccc(Cl)cc3NCCN(C)C)nc12)c1cccnc1. The van der Waals surface area contributed by atoms with Gasteiger partial charge in [-0.2, -0.15) is 0 Å². The summed E-state index contributed by atoms with van der Waals surface area (Å²) >= 11 is 6.21. The number of pyridine rings is 1. The average Bonchev–Trinajstić information content (AvgIpc) is 3.27. The molecule has 1 atom stereocenters. The van der Waals surface area contributed by atoms with Crippen LogP contribution in [0.3, 0.4) is 0 Å². The van der Waals surface area contributed by atoms with Crippen molar-refractivity contribution in [2.45, 2.75) is 13.0 Å². The van der Waals surface area contributed by atoms with E-state index < -0.39 is 0 Å². The number of nitrogens with one attached hydrogen (secondary N) is 4. The molecule has 4 aromatic rings. The van der Waals surface area contributed by atoms with Crippen molar-refractivity contribution in [2.75, 3.05) is 32.5 Å². The molecule has 0 spiro atoms. The first-order valence-electron chi connectivity index (χ1n) is 11.2. The van der Waals surface area contributed by atoms with Crippen molar-refractivity contribution in [1.29, 1.82) is 5.41 Å². The molecule has 3 aromatic heterocycles. The van der Waals surface area contributed by atoms with Crippen molar-refractivity contribution in [3.05, 3.63) is 82.5 Å². The van der Waals surface area contributed by atoms with Crippen LogP contribution in [0.5, 0.6) is 0 Å². The van der Waals surface area contributed by atoms with E-state index in [1.165, 1.54) is 6.20 Å². The van der Waals surface area contributed by atoms with E-state index in [-0.39, 0.29) is 17.7 Å². The average molecular weight is 491 g/mol. The molecule has 4 N–H and O–H groups in total. The molecular formula is C25H27ClN8O. The maximum Gasteiger partial charge on any atom is 0.255 e.